The zero-order valence-corrected chi connectivity index (χ0v) is 14.0. The molecule has 0 bridgehead atoms. The van der Waals surface area contributed by atoms with Crippen LogP contribution in [0.4, 0.5) is 13.2 Å². The topological polar surface area (TPSA) is 76.1 Å². The number of fused-ring (bicyclic) bond motifs is 1. The van der Waals surface area contributed by atoms with Gasteiger partial charge in [-0.25, -0.2) is 4.79 Å². The molecule has 27 heavy (non-hydrogen) atoms. The summed E-state index contributed by atoms with van der Waals surface area (Å²) in [4.78, 5) is 26.6. The molecule has 0 saturated carbocycles. The van der Waals surface area contributed by atoms with Gasteiger partial charge in [0.1, 0.15) is 18.9 Å². The smallest absolute Gasteiger partial charge is 0.416 e. The van der Waals surface area contributed by atoms with E-state index < -0.39 is 23.3 Å². The summed E-state index contributed by atoms with van der Waals surface area (Å²) in [5, 5.41) is 2.57. The molecule has 0 fully saturated rings. The summed E-state index contributed by atoms with van der Waals surface area (Å²) in [7, 11) is 0. The highest BCUT2D eigenvalue weighted by molar-refractivity contribution is 5.80. The fourth-order valence-electron chi connectivity index (χ4n) is 2.58. The molecule has 2 aromatic carbocycles. The van der Waals surface area contributed by atoms with Gasteiger partial charge >= 0.3 is 11.9 Å². The fourth-order valence-corrected chi connectivity index (χ4v) is 2.58. The van der Waals surface area contributed by atoms with Crippen LogP contribution in [0.15, 0.2) is 53.3 Å². The lowest BCUT2D eigenvalue weighted by atomic mass is 10.2. The Bertz CT molecular complexity index is 1010. The van der Waals surface area contributed by atoms with Gasteiger partial charge in [-0.15, -0.1) is 0 Å². The third-order valence-electron chi connectivity index (χ3n) is 3.84. The van der Waals surface area contributed by atoms with Crippen LogP contribution in [0.3, 0.4) is 0 Å². The minimum atomic E-state index is -4.44. The molecule has 0 aliphatic heterocycles. The zero-order valence-electron chi connectivity index (χ0n) is 14.0. The molecular weight excluding hydrogens is 363 g/mol. The van der Waals surface area contributed by atoms with E-state index in [9.17, 15) is 22.8 Å². The van der Waals surface area contributed by atoms with Crippen molar-refractivity contribution in [3.8, 4) is 5.75 Å². The van der Waals surface area contributed by atoms with E-state index in [2.05, 4.69) is 10.3 Å². The van der Waals surface area contributed by atoms with Crippen molar-refractivity contribution >= 4 is 16.9 Å². The number of carbonyl (C=O) groups excluding carboxylic acids is 1. The number of carbonyl (C=O) groups is 1. The lowest BCUT2D eigenvalue weighted by Crippen LogP contribution is -2.33. The average molecular weight is 379 g/mol. The predicted molar refractivity (Wildman–Crippen MR) is 92.5 cm³/mol. The first-order valence-corrected chi connectivity index (χ1v) is 8.09. The van der Waals surface area contributed by atoms with Crippen molar-refractivity contribution in [2.75, 3.05) is 13.2 Å². The number of para-hydroxylation sites is 2. The van der Waals surface area contributed by atoms with Gasteiger partial charge < -0.3 is 15.0 Å². The highest BCUT2D eigenvalue weighted by atomic mass is 19.4. The number of hydrogen-bond donors (Lipinski definition) is 2. The summed E-state index contributed by atoms with van der Waals surface area (Å²) in [6, 6.07) is 11.5. The van der Waals surface area contributed by atoms with Crippen molar-refractivity contribution in [2.45, 2.75) is 12.7 Å². The Kier molecular flexibility index (Phi) is 5.20. The molecule has 3 rings (SSSR count). The van der Waals surface area contributed by atoms with Gasteiger partial charge in [-0.3, -0.25) is 9.36 Å². The number of nitrogens with one attached hydrogen (secondary N) is 2. The van der Waals surface area contributed by atoms with Crippen LogP contribution < -0.4 is 15.7 Å². The molecule has 2 N–H and O–H groups in total. The number of benzene rings is 2. The van der Waals surface area contributed by atoms with Gasteiger partial charge in [-0.1, -0.05) is 18.2 Å². The number of aromatic nitrogens is 2. The van der Waals surface area contributed by atoms with Crippen molar-refractivity contribution in [1.82, 2.24) is 14.9 Å². The van der Waals surface area contributed by atoms with Crippen LogP contribution in [0, 0.1) is 0 Å². The third-order valence-corrected chi connectivity index (χ3v) is 3.84. The van der Waals surface area contributed by atoms with Crippen molar-refractivity contribution in [1.29, 1.82) is 0 Å². The molecular formula is C18H16F3N3O3. The van der Waals surface area contributed by atoms with Gasteiger partial charge in [0.25, 0.3) is 0 Å². The number of H-pyrrole nitrogens is 1. The Labute approximate surface area is 151 Å². The second-order valence-corrected chi connectivity index (χ2v) is 5.76. The predicted octanol–water partition coefficient (Wildman–Crippen LogP) is 2.54. The van der Waals surface area contributed by atoms with Crippen LogP contribution in [-0.2, 0) is 17.5 Å². The molecule has 3 aromatic rings. The van der Waals surface area contributed by atoms with E-state index in [1.807, 2.05) is 0 Å². The fraction of sp³-hybridized carbons (Fsp3) is 0.222. The summed E-state index contributed by atoms with van der Waals surface area (Å²) in [6.07, 6.45) is -4.44. The number of amides is 1. The average Bonchev–Trinajstić information content (AvgIpc) is 2.94. The van der Waals surface area contributed by atoms with Gasteiger partial charge in [0.2, 0.25) is 5.91 Å². The first-order valence-electron chi connectivity index (χ1n) is 8.09. The highest BCUT2D eigenvalue weighted by Gasteiger charge is 2.30. The molecule has 1 aromatic heterocycles. The van der Waals surface area contributed by atoms with E-state index in [0.29, 0.717) is 11.0 Å². The Morgan fingerprint density at radius 3 is 2.70 bits per heavy atom. The van der Waals surface area contributed by atoms with Crippen molar-refractivity contribution in [2.24, 2.45) is 0 Å². The Morgan fingerprint density at radius 1 is 1.15 bits per heavy atom. The molecule has 1 heterocycles. The molecule has 0 aliphatic rings. The third kappa shape index (κ3) is 4.49. The molecule has 0 aliphatic carbocycles. The minimum absolute atomic E-state index is 0.00413. The van der Waals surface area contributed by atoms with Crippen LogP contribution in [-0.4, -0.2) is 28.6 Å². The normalized spacial score (nSPS) is 11.5. The number of nitrogens with zero attached hydrogens (tertiary/aromatic N) is 1. The largest absolute Gasteiger partial charge is 0.492 e. The summed E-state index contributed by atoms with van der Waals surface area (Å²) in [5.74, 6) is -0.346. The van der Waals surface area contributed by atoms with Crippen LogP contribution in [0.25, 0.3) is 11.0 Å². The molecule has 0 saturated heterocycles. The highest BCUT2D eigenvalue weighted by Crippen LogP contribution is 2.31. The maximum absolute atomic E-state index is 12.6. The standard InChI is InChI=1S/C18H16F3N3O3/c19-18(20,21)12-4-3-5-13(10-12)27-9-8-22-16(25)11-24-15-7-2-1-6-14(15)23-17(24)26/h1-7,10H,8-9,11H2,(H,22,25)(H,23,26). The van der Waals surface area contributed by atoms with Crippen LogP contribution in [0.5, 0.6) is 5.75 Å². The summed E-state index contributed by atoms with van der Waals surface area (Å²) in [6.45, 7) is -0.0889. The summed E-state index contributed by atoms with van der Waals surface area (Å²) < 4.78 is 44.5. The molecule has 6 nitrogen and oxygen atoms in total. The van der Waals surface area contributed by atoms with Crippen molar-refractivity contribution in [3.05, 3.63) is 64.6 Å². The Balaban J connectivity index is 1.52. The van der Waals surface area contributed by atoms with E-state index in [1.54, 1.807) is 24.3 Å². The van der Waals surface area contributed by atoms with Crippen LogP contribution in [0.2, 0.25) is 0 Å². The second-order valence-electron chi connectivity index (χ2n) is 5.76. The number of imidazole rings is 1. The Hall–Kier alpha value is -3.23. The van der Waals surface area contributed by atoms with Gasteiger partial charge in [0.05, 0.1) is 23.1 Å². The van der Waals surface area contributed by atoms with Crippen LogP contribution in [0.1, 0.15) is 5.56 Å². The van der Waals surface area contributed by atoms with Crippen LogP contribution >= 0.6 is 0 Å². The zero-order chi connectivity index (χ0) is 19.4. The maximum Gasteiger partial charge on any atom is 0.416 e. The molecule has 0 atom stereocenters. The number of halogens is 3. The summed E-state index contributed by atoms with van der Waals surface area (Å²) >= 11 is 0. The molecule has 0 radical (unpaired) electrons. The molecule has 0 spiro atoms. The van der Waals surface area contributed by atoms with E-state index in [1.165, 1.54) is 16.7 Å². The monoisotopic (exact) mass is 379 g/mol. The lowest BCUT2D eigenvalue weighted by molar-refractivity contribution is -0.137. The molecule has 9 heteroatoms. The SMILES string of the molecule is O=C(Cn1c(=O)[nH]c2ccccc21)NCCOc1cccc(C(F)(F)F)c1. The quantitative estimate of drug-likeness (QED) is 0.647. The lowest BCUT2D eigenvalue weighted by Gasteiger charge is -2.11. The van der Waals surface area contributed by atoms with Gasteiger partial charge in [0.15, 0.2) is 0 Å². The number of hydrogen-bond acceptors (Lipinski definition) is 3. The maximum atomic E-state index is 12.6. The van der Waals surface area contributed by atoms with E-state index in [0.717, 1.165) is 12.1 Å². The van der Waals surface area contributed by atoms with E-state index >= 15 is 0 Å². The second kappa shape index (κ2) is 7.56. The molecule has 0 unspecified atom stereocenters. The number of ether oxygens (including phenoxy) is 1. The van der Waals surface area contributed by atoms with Gasteiger partial charge in [-0.05, 0) is 30.3 Å². The van der Waals surface area contributed by atoms with Crippen molar-refractivity contribution < 1.29 is 22.7 Å². The van der Waals surface area contributed by atoms with E-state index in [-0.39, 0.29) is 25.4 Å². The number of aromatic amines is 1. The first kappa shape index (κ1) is 18.6. The molecule has 1 amide bonds. The number of rotatable bonds is 6. The van der Waals surface area contributed by atoms with Crippen molar-refractivity contribution in [3.63, 3.8) is 0 Å². The van der Waals surface area contributed by atoms with E-state index in [4.69, 9.17) is 4.74 Å². The van der Waals surface area contributed by atoms with Gasteiger partial charge in [0, 0.05) is 0 Å². The first-order chi connectivity index (χ1) is 12.8. The Morgan fingerprint density at radius 2 is 1.93 bits per heavy atom. The summed E-state index contributed by atoms with van der Waals surface area (Å²) in [5.41, 5.74) is 0.0374. The molecule has 142 valence electrons. The number of alkyl halides is 3. The van der Waals surface area contributed by atoms with Gasteiger partial charge in [-0.2, -0.15) is 13.2 Å². The minimum Gasteiger partial charge on any atom is -0.492 e.